The minimum absolute atomic E-state index is 0.329. The highest BCUT2D eigenvalue weighted by molar-refractivity contribution is 5.95. The number of benzene rings is 1. The van der Waals surface area contributed by atoms with Gasteiger partial charge in [-0.05, 0) is 25.3 Å². The molecule has 0 amide bonds. The first-order valence-electron chi connectivity index (χ1n) is 10.5. The molecule has 7 heteroatoms. The van der Waals surface area contributed by atoms with Crippen LogP contribution >= 0.6 is 0 Å². The summed E-state index contributed by atoms with van der Waals surface area (Å²) >= 11 is 0. The zero-order chi connectivity index (χ0) is 20.9. The van der Waals surface area contributed by atoms with Crippen molar-refractivity contribution in [3.05, 3.63) is 60.4 Å². The first-order chi connectivity index (χ1) is 14.7. The molecular weight excluding hydrogens is 378 g/mol. The number of aryl methyl sites for hydroxylation is 1. The van der Waals surface area contributed by atoms with E-state index in [1.807, 2.05) is 47.4 Å². The molecule has 0 saturated carbocycles. The largest absolute Gasteiger partial charge is 0.387 e. The van der Waals surface area contributed by atoms with Crippen LogP contribution in [0.3, 0.4) is 0 Å². The van der Waals surface area contributed by atoms with Crippen LogP contribution in [-0.4, -0.2) is 45.7 Å². The number of nitrogens with one attached hydrogen (secondary N) is 2. The molecule has 3 N–H and O–H groups in total. The Kier molecular flexibility index (Phi) is 6.30. The molecule has 158 valence electrons. The zero-order valence-electron chi connectivity index (χ0n) is 17.3. The van der Waals surface area contributed by atoms with Crippen molar-refractivity contribution in [2.45, 2.75) is 38.5 Å². The number of ether oxygens (including phenoxy) is 1. The third-order valence-electron chi connectivity index (χ3n) is 5.55. The maximum absolute atomic E-state index is 10.5. The first kappa shape index (κ1) is 20.4. The van der Waals surface area contributed by atoms with Gasteiger partial charge in [-0.1, -0.05) is 36.9 Å². The van der Waals surface area contributed by atoms with Gasteiger partial charge in [0.15, 0.2) is 5.65 Å². The molecule has 0 spiro atoms. The van der Waals surface area contributed by atoms with Crippen molar-refractivity contribution in [1.82, 2.24) is 20.1 Å². The van der Waals surface area contributed by atoms with E-state index in [4.69, 9.17) is 4.74 Å². The monoisotopic (exact) mass is 407 g/mol. The summed E-state index contributed by atoms with van der Waals surface area (Å²) in [5.74, 6) is 0. The van der Waals surface area contributed by atoms with Crippen LogP contribution in [0.4, 0.5) is 5.69 Å². The van der Waals surface area contributed by atoms with Crippen LogP contribution in [0.15, 0.2) is 49.3 Å². The van der Waals surface area contributed by atoms with E-state index in [-0.39, 0.29) is 0 Å². The Hall–Kier alpha value is -2.90. The number of aliphatic hydroxyl groups is 1. The van der Waals surface area contributed by atoms with Crippen LogP contribution < -0.4 is 10.6 Å². The average Bonchev–Trinajstić information content (AvgIpc) is 3.22. The molecule has 0 radical (unpaired) electrons. The summed E-state index contributed by atoms with van der Waals surface area (Å²) in [7, 11) is 0. The molecule has 0 unspecified atom stereocenters. The summed E-state index contributed by atoms with van der Waals surface area (Å²) in [6, 6.07) is 9.95. The van der Waals surface area contributed by atoms with Crippen molar-refractivity contribution in [2.75, 3.05) is 25.1 Å². The lowest BCUT2D eigenvalue weighted by atomic mass is 10.1. The Labute approximate surface area is 176 Å². The molecule has 1 fully saturated rings. The zero-order valence-corrected chi connectivity index (χ0v) is 17.3. The minimum atomic E-state index is -0.616. The van der Waals surface area contributed by atoms with Crippen LogP contribution in [0.5, 0.6) is 0 Å². The third-order valence-corrected chi connectivity index (χ3v) is 5.55. The molecular formula is C23H29N5O2. The standard InChI is InChI=1S/C23H29N5O2/c1-3-28-23-20(14-26-28)22(27-18-9-11-30-12-10-18)19(13-25-23)16(2)24-15-21(29)17-7-5-4-6-8-17/h4-8,13-14,18,21,24,29H,2-3,9-12,15H2,1H3,(H,25,27)/t21-/m0/s1. The van der Waals surface area contributed by atoms with Gasteiger partial charge in [0, 0.05) is 49.8 Å². The maximum atomic E-state index is 10.5. The van der Waals surface area contributed by atoms with Crippen molar-refractivity contribution in [2.24, 2.45) is 0 Å². The molecule has 3 aromatic rings. The Balaban J connectivity index is 1.58. The van der Waals surface area contributed by atoms with Crippen molar-refractivity contribution < 1.29 is 9.84 Å². The fraction of sp³-hybridized carbons (Fsp3) is 0.391. The van der Waals surface area contributed by atoms with Crippen LogP contribution in [0.25, 0.3) is 16.7 Å². The van der Waals surface area contributed by atoms with E-state index in [1.54, 1.807) is 0 Å². The number of aliphatic hydroxyl groups excluding tert-OH is 1. The Morgan fingerprint density at radius 3 is 2.77 bits per heavy atom. The van der Waals surface area contributed by atoms with Gasteiger partial charge >= 0.3 is 0 Å². The van der Waals surface area contributed by atoms with Gasteiger partial charge in [-0.2, -0.15) is 5.10 Å². The Morgan fingerprint density at radius 2 is 2.03 bits per heavy atom. The fourth-order valence-corrected chi connectivity index (χ4v) is 3.80. The molecule has 1 aromatic carbocycles. The first-order valence-corrected chi connectivity index (χ1v) is 10.5. The lowest BCUT2D eigenvalue weighted by Crippen LogP contribution is -2.29. The molecule has 1 atom stereocenters. The van der Waals surface area contributed by atoms with Crippen LogP contribution in [0.1, 0.15) is 37.0 Å². The second-order valence-electron chi connectivity index (χ2n) is 7.56. The molecule has 7 nitrogen and oxygen atoms in total. The summed E-state index contributed by atoms with van der Waals surface area (Å²) < 4.78 is 7.40. The number of anilines is 1. The van der Waals surface area contributed by atoms with Gasteiger partial charge in [0.25, 0.3) is 0 Å². The van der Waals surface area contributed by atoms with Gasteiger partial charge in [0.05, 0.1) is 23.4 Å². The second kappa shape index (κ2) is 9.28. The van der Waals surface area contributed by atoms with E-state index in [1.165, 1.54) is 0 Å². The number of nitrogens with zero attached hydrogens (tertiary/aromatic N) is 3. The van der Waals surface area contributed by atoms with Gasteiger partial charge in [0.1, 0.15) is 0 Å². The number of pyridine rings is 1. The number of fused-ring (bicyclic) bond motifs is 1. The van der Waals surface area contributed by atoms with E-state index in [0.717, 1.165) is 66.1 Å². The van der Waals surface area contributed by atoms with E-state index >= 15 is 0 Å². The van der Waals surface area contributed by atoms with Crippen LogP contribution in [0, 0.1) is 0 Å². The molecule has 1 aliphatic rings. The molecule has 0 aliphatic carbocycles. The number of hydrogen-bond acceptors (Lipinski definition) is 6. The Morgan fingerprint density at radius 1 is 1.27 bits per heavy atom. The van der Waals surface area contributed by atoms with E-state index in [0.29, 0.717) is 12.6 Å². The fourth-order valence-electron chi connectivity index (χ4n) is 3.80. The van der Waals surface area contributed by atoms with E-state index < -0.39 is 6.10 Å². The van der Waals surface area contributed by atoms with Gasteiger partial charge < -0.3 is 20.5 Å². The second-order valence-corrected chi connectivity index (χ2v) is 7.56. The highest BCUT2D eigenvalue weighted by atomic mass is 16.5. The smallest absolute Gasteiger partial charge is 0.159 e. The topological polar surface area (TPSA) is 84.2 Å². The number of aromatic nitrogens is 3. The lowest BCUT2D eigenvalue weighted by molar-refractivity contribution is 0.0905. The predicted octanol–water partition coefficient (Wildman–Crippen LogP) is 3.34. The van der Waals surface area contributed by atoms with Gasteiger partial charge in [-0.25, -0.2) is 9.67 Å². The van der Waals surface area contributed by atoms with Gasteiger partial charge in [-0.3, -0.25) is 0 Å². The summed E-state index contributed by atoms with van der Waals surface area (Å²) in [6.07, 6.45) is 5.00. The highest BCUT2D eigenvalue weighted by Gasteiger charge is 2.20. The van der Waals surface area contributed by atoms with Crippen molar-refractivity contribution in [3.8, 4) is 0 Å². The van der Waals surface area contributed by atoms with Gasteiger partial charge in [0.2, 0.25) is 0 Å². The van der Waals surface area contributed by atoms with Crippen molar-refractivity contribution in [1.29, 1.82) is 0 Å². The molecule has 2 aromatic heterocycles. The van der Waals surface area contributed by atoms with Crippen LogP contribution in [0.2, 0.25) is 0 Å². The molecule has 1 aliphatic heterocycles. The predicted molar refractivity (Wildman–Crippen MR) is 119 cm³/mol. The molecule has 30 heavy (non-hydrogen) atoms. The molecule has 1 saturated heterocycles. The normalized spacial score (nSPS) is 15.8. The van der Waals surface area contributed by atoms with Crippen molar-refractivity contribution in [3.63, 3.8) is 0 Å². The molecule has 0 bridgehead atoms. The molecule has 3 heterocycles. The minimum Gasteiger partial charge on any atom is -0.387 e. The third kappa shape index (κ3) is 4.32. The quantitative estimate of drug-likeness (QED) is 0.531. The Bertz CT molecular complexity index is 996. The number of hydrogen-bond donors (Lipinski definition) is 3. The SMILES string of the molecule is C=C(NC[C@H](O)c1ccccc1)c1cnc2c(cnn2CC)c1NC1CCOCC1. The number of rotatable bonds is 8. The summed E-state index contributed by atoms with van der Waals surface area (Å²) in [6.45, 7) is 8.93. The van der Waals surface area contributed by atoms with Gasteiger partial charge in [-0.15, -0.1) is 0 Å². The summed E-state index contributed by atoms with van der Waals surface area (Å²) in [4.78, 5) is 4.64. The summed E-state index contributed by atoms with van der Waals surface area (Å²) in [5.41, 5.74) is 4.32. The average molecular weight is 408 g/mol. The summed E-state index contributed by atoms with van der Waals surface area (Å²) in [5, 5.41) is 22.9. The van der Waals surface area contributed by atoms with E-state index in [9.17, 15) is 5.11 Å². The highest BCUT2D eigenvalue weighted by Crippen LogP contribution is 2.31. The van der Waals surface area contributed by atoms with E-state index in [2.05, 4.69) is 34.2 Å². The molecule has 4 rings (SSSR count). The maximum Gasteiger partial charge on any atom is 0.159 e. The van der Waals surface area contributed by atoms with Crippen LogP contribution in [-0.2, 0) is 11.3 Å². The van der Waals surface area contributed by atoms with Crippen molar-refractivity contribution >= 4 is 22.4 Å². The lowest BCUT2D eigenvalue weighted by Gasteiger charge is -2.26.